The number of hydrogen-bond acceptors (Lipinski definition) is 4. The highest BCUT2D eigenvalue weighted by molar-refractivity contribution is 5.67. The monoisotopic (exact) mass is 272 g/mol. The Morgan fingerprint density at radius 1 is 0.789 bits per heavy atom. The molecule has 0 N–H and O–H groups in total. The van der Waals surface area contributed by atoms with Crippen LogP contribution in [0.2, 0.25) is 0 Å². The van der Waals surface area contributed by atoms with Crippen molar-refractivity contribution in [1.82, 2.24) is 0 Å². The van der Waals surface area contributed by atoms with Gasteiger partial charge in [-0.3, -0.25) is 0 Å². The molecule has 0 aliphatic rings. The van der Waals surface area contributed by atoms with Crippen LogP contribution in [0, 0.1) is 11.8 Å². The quantitative estimate of drug-likeness (QED) is 0.637. The van der Waals surface area contributed by atoms with Gasteiger partial charge in [0.2, 0.25) is 0 Å². The average Bonchev–Trinajstić information content (AvgIpc) is 2.36. The first-order chi connectivity index (χ1) is 8.94. The van der Waals surface area contributed by atoms with Crippen molar-refractivity contribution in [2.45, 2.75) is 72.6 Å². The Hall–Kier alpha value is -1.06. The molecule has 0 saturated heterocycles. The van der Waals surface area contributed by atoms with Gasteiger partial charge in [0.25, 0.3) is 0 Å². The predicted molar refractivity (Wildman–Crippen MR) is 72.0 cm³/mol. The Morgan fingerprint density at radius 2 is 1.21 bits per heavy atom. The molecule has 0 aliphatic carbocycles. The normalized spacial score (nSPS) is 13.1. The molecular formula is C15H28O4-2. The first-order valence-corrected chi connectivity index (χ1v) is 7.36. The van der Waals surface area contributed by atoms with Crippen LogP contribution in [-0.4, -0.2) is 11.9 Å². The summed E-state index contributed by atoms with van der Waals surface area (Å²) in [4.78, 5) is 20.5. The largest absolute Gasteiger partial charge is 0.550 e. The minimum absolute atomic E-state index is 0.222. The first-order valence-electron chi connectivity index (χ1n) is 7.36. The maximum atomic E-state index is 10.3. The van der Waals surface area contributed by atoms with Crippen LogP contribution in [0.3, 0.4) is 0 Å². The zero-order chi connectivity index (χ0) is 15.3. The zero-order valence-electron chi connectivity index (χ0n) is 12.7. The van der Waals surface area contributed by atoms with E-state index in [4.69, 9.17) is 0 Å². The van der Waals surface area contributed by atoms with Gasteiger partial charge in [-0.2, -0.15) is 0 Å². The van der Waals surface area contributed by atoms with E-state index in [9.17, 15) is 19.8 Å². The van der Waals surface area contributed by atoms with Gasteiger partial charge in [-0.05, 0) is 37.5 Å². The number of hydrogen-bond donors (Lipinski definition) is 0. The zero-order valence-corrected chi connectivity index (χ0v) is 12.7. The van der Waals surface area contributed by atoms with E-state index in [0.717, 1.165) is 32.1 Å². The summed E-state index contributed by atoms with van der Waals surface area (Å²) in [6.45, 7) is 7.79. The van der Waals surface area contributed by atoms with Crippen LogP contribution in [0.25, 0.3) is 0 Å². The van der Waals surface area contributed by atoms with E-state index in [-0.39, 0.29) is 11.8 Å². The van der Waals surface area contributed by atoms with Crippen LogP contribution < -0.4 is 10.2 Å². The molecule has 0 heterocycles. The van der Waals surface area contributed by atoms with Crippen molar-refractivity contribution in [3.05, 3.63) is 0 Å². The van der Waals surface area contributed by atoms with Gasteiger partial charge in [-0.1, -0.05) is 47.0 Å². The van der Waals surface area contributed by atoms with Crippen LogP contribution in [0.5, 0.6) is 0 Å². The number of carboxylic acids is 2. The molecule has 0 fully saturated rings. The van der Waals surface area contributed by atoms with Gasteiger partial charge in [0.15, 0.2) is 0 Å². The number of carbonyl (C=O) groups excluding carboxylic acids is 2. The second-order valence-corrected chi connectivity index (χ2v) is 4.78. The number of rotatable bonds is 9. The standard InChI is InChI=1S/C8H16O2.C7H14O2/c1-3-5-6-7(4-2)8(9)10;1-3-5-6(4-2)7(8)9/h7H,3-6H2,1-2H3,(H,9,10);6H,3-5H2,1-2H3,(H,8,9)/p-2. The topological polar surface area (TPSA) is 80.3 Å². The van der Waals surface area contributed by atoms with Crippen molar-refractivity contribution in [2.75, 3.05) is 0 Å². The molecule has 0 rings (SSSR count). The summed E-state index contributed by atoms with van der Waals surface area (Å²) in [5.74, 6) is -2.25. The smallest absolute Gasteiger partial charge is 0.0445 e. The van der Waals surface area contributed by atoms with Gasteiger partial charge in [0.05, 0.1) is 0 Å². The Morgan fingerprint density at radius 3 is 1.42 bits per heavy atom. The molecule has 0 bridgehead atoms. The summed E-state index contributed by atoms with van der Waals surface area (Å²) < 4.78 is 0. The number of unbranched alkanes of at least 4 members (excludes halogenated alkanes) is 1. The summed E-state index contributed by atoms with van der Waals surface area (Å²) in [5, 5.41) is 20.5. The molecule has 0 saturated carbocycles. The molecule has 114 valence electrons. The SMILES string of the molecule is CCCC(CC)C(=O)[O-].CCCCC(CC)C(=O)[O-]. The molecule has 19 heavy (non-hydrogen) atoms. The second-order valence-electron chi connectivity index (χ2n) is 4.78. The lowest BCUT2D eigenvalue weighted by Gasteiger charge is -2.14. The Balaban J connectivity index is 0. The Kier molecular flexibility index (Phi) is 14.3. The molecule has 0 spiro atoms. The third-order valence-electron chi connectivity index (χ3n) is 3.20. The summed E-state index contributed by atoms with van der Waals surface area (Å²) in [6.07, 6.45) is 5.88. The van der Waals surface area contributed by atoms with E-state index in [2.05, 4.69) is 6.92 Å². The van der Waals surface area contributed by atoms with Crippen molar-refractivity contribution in [3.63, 3.8) is 0 Å². The van der Waals surface area contributed by atoms with Gasteiger partial charge in [0, 0.05) is 11.9 Å². The van der Waals surface area contributed by atoms with Crippen LogP contribution >= 0.6 is 0 Å². The summed E-state index contributed by atoms with van der Waals surface area (Å²) in [5.41, 5.74) is 0. The number of aliphatic carboxylic acids is 2. The molecule has 0 amide bonds. The Labute approximate surface area is 117 Å². The van der Waals surface area contributed by atoms with E-state index in [1.807, 2.05) is 20.8 Å². The number of carboxylic acid groups (broad SMARTS) is 2. The molecule has 0 aromatic heterocycles. The van der Waals surface area contributed by atoms with Crippen molar-refractivity contribution >= 4 is 11.9 Å². The lowest BCUT2D eigenvalue weighted by atomic mass is 10.00. The maximum absolute atomic E-state index is 10.3. The van der Waals surface area contributed by atoms with E-state index in [1.165, 1.54) is 0 Å². The minimum atomic E-state index is -0.903. The number of carbonyl (C=O) groups is 2. The van der Waals surface area contributed by atoms with Crippen LogP contribution in [0.15, 0.2) is 0 Å². The summed E-state index contributed by atoms with van der Waals surface area (Å²) >= 11 is 0. The van der Waals surface area contributed by atoms with E-state index in [0.29, 0.717) is 12.8 Å². The molecule has 4 heteroatoms. The third-order valence-corrected chi connectivity index (χ3v) is 3.20. The second kappa shape index (κ2) is 13.4. The Bertz CT molecular complexity index is 238. The molecular weight excluding hydrogens is 244 g/mol. The van der Waals surface area contributed by atoms with Gasteiger partial charge < -0.3 is 19.8 Å². The minimum Gasteiger partial charge on any atom is -0.550 e. The molecule has 0 radical (unpaired) electrons. The van der Waals surface area contributed by atoms with E-state index >= 15 is 0 Å². The fourth-order valence-electron chi connectivity index (χ4n) is 1.78. The molecule has 0 aromatic rings. The van der Waals surface area contributed by atoms with Gasteiger partial charge >= 0.3 is 0 Å². The fraction of sp³-hybridized carbons (Fsp3) is 0.867. The molecule has 0 aliphatic heterocycles. The predicted octanol–water partition coefficient (Wildman–Crippen LogP) is 1.52. The highest BCUT2D eigenvalue weighted by atomic mass is 16.4. The molecule has 2 atom stereocenters. The molecule has 4 nitrogen and oxygen atoms in total. The molecule has 0 aromatic carbocycles. The van der Waals surface area contributed by atoms with E-state index in [1.54, 1.807) is 0 Å². The first kappa shape index (κ1) is 20.3. The molecule has 2 unspecified atom stereocenters. The third kappa shape index (κ3) is 11.7. The van der Waals surface area contributed by atoms with Crippen molar-refractivity contribution in [2.24, 2.45) is 11.8 Å². The highest BCUT2D eigenvalue weighted by Crippen LogP contribution is 2.10. The van der Waals surface area contributed by atoms with E-state index < -0.39 is 11.9 Å². The van der Waals surface area contributed by atoms with Crippen LogP contribution in [0.1, 0.15) is 72.6 Å². The fourth-order valence-corrected chi connectivity index (χ4v) is 1.78. The summed E-state index contributed by atoms with van der Waals surface area (Å²) in [7, 11) is 0. The van der Waals surface area contributed by atoms with Crippen LogP contribution in [-0.2, 0) is 9.59 Å². The van der Waals surface area contributed by atoms with Gasteiger partial charge in [-0.15, -0.1) is 0 Å². The highest BCUT2D eigenvalue weighted by Gasteiger charge is 2.05. The average molecular weight is 272 g/mol. The van der Waals surface area contributed by atoms with Crippen molar-refractivity contribution < 1.29 is 19.8 Å². The lowest BCUT2D eigenvalue weighted by Crippen LogP contribution is -2.30. The van der Waals surface area contributed by atoms with Gasteiger partial charge in [-0.25, -0.2) is 0 Å². The van der Waals surface area contributed by atoms with Crippen LogP contribution in [0.4, 0.5) is 0 Å². The van der Waals surface area contributed by atoms with Crippen molar-refractivity contribution in [1.29, 1.82) is 0 Å². The maximum Gasteiger partial charge on any atom is 0.0445 e. The van der Waals surface area contributed by atoms with Crippen molar-refractivity contribution in [3.8, 4) is 0 Å². The summed E-state index contributed by atoms with van der Waals surface area (Å²) in [6, 6.07) is 0. The van der Waals surface area contributed by atoms with Gasteiger partial charge in [0.1, 0.15) is 0 Å². The lowest BCUT2D eigenvalue weighted by molar-refractivity contribution is -0.313.